The van der Waals surface area contributed by atoms with E-state index in [1.165, 1.54) is 0 Å². The smallest absolute Gasteiger partial charge is 0.157 e. The first-order valence-corrected chi connectivity index (χ1v) is 6.31. The van der Waals surface area contributed by atoms with Gasteiger partial charge >= 0.3 is 0 Å². The summed E-state index contributed by atoms with van der Waals surface area (Å²) in [5.74, 6) is 0.640. The van der Waals surface area contributed by atoms with Crippen LogP contribution in [0, 0.1) is 0 Å². The van der Waals surface area contributed by atoms with Crippen LogP contribution in [0.2, 0.25) is 0 Å². The van der Waals surface area contributed by atoms with E-state index in [0.29, 0.717) is 5.82 Å². The van der Waals surface area contributed by atoms with Gasteiger partial charge in [-0.25, -0.2) is 9.19 Å². The van der Waals surface area contributed by atoms with Gasteiger partial charge in [0.2, 0.25) is 0 Å². The van der Waals surface area contributed by atoms with Gasteiger partial charge in [0.1, 0.15) is 5.82 Å². The fourth-order valence-electron chi connectivity index (χ4n) is 1.51. The van der Waals surface area contributed by atoms with Gasteiger partial charge < -0.3 is 10.3 Å². The van der Waals surface area contributed by atoms with Crippen LogP contribution in [0.5, 0.6) is 0 Å². The van der Waals surface area contributed by atoms with Crippen molar-refractivity contribution in [2.45, 2.75) is 5.75 Å². The third kappa shape index (κ3) is 3.12. The van der Waals surface area contributed by atoms with E-state index in [0.717, 1.165) is 16.7 Å². The minimum absolute atomic E-state index is 0.153. The van der Waals surface area contributed by atoms with Crippen LogP contribution in [0.4, 0.5) is 5.82 Å². The summed E-state index contributed by atoms with van der Waals surface area (Å²) < 4.78 is 19.4. The maximum atomic E-state index is 10.6. The molecule has 0 amide bonds. The predicted molar refractivity (Wildman–Crippen MR) is 68.6 cm³/mol. The number of aromatic nitrogens is 1. The van der Waals surface area contributed by atoms with Crippen LogP contribution >= 0.6 is 0 Å². The lowest BCUT2D eigenvalue weighted by atomic mass is 10.1. The molecule has 1 atom stereocenters. The lowest BCUT2D eigenvalue weighted by Gasteiger charge is -2.03. The number of nitrogens with zero attached hydrogens (tertiary/aromatic N) is 1. The quantitative estimate of drug-likeness (QED) is 0.815. The van der Waals surface area contributed by atoms with E-state index in [-0.39, 0.29) is 5.75 Å². The molecule has 0 aliphatic carbocycles. The molecule has 4 nitrogen and oxygen atoms in total. The van der Waals surface area contributed by atoms with Gasteiger partial charge in [0.15, 0.2) is 11.1 Å². The summed E-state index contributed by atoms with van der Waals surface area (Å²) in [6, 6.07) is 11.1. The number of pyridine rings is 1. The average Bonchev–Trinajstić information content (AvgIpc) is 2.30. The Kier molecular flexibility index (Phi) is 3.51. The summed E-state index contributed by atoms with van der Waals surface area (Å²) in [4.78, 5) is 4.02. The largest absolute Gasteiger partial charge is 0.384 e. The van der Waals surface area contributed by atoms with Crippen molar-refractivity contribution in [3.63, 3.8) is 0 Å². The molecular weight excluding hydrogens is 236 g/mol. The minimum Gasteiger partial charge on any atom is -0.384 e. The van der Waals surface area contributed by atoms with Gasteiger partial charge in [0, 0.05) is 11.8 Å². The molecule has 17 heavy (non-hydrogen) atoms. The van der Waals surface area contributed by atoms with E-state index in [2.05, 4.69) is 4.98 Å². The highest BCUT2D eigenvalue weighted by molar-refractivity contribution is 7.78. The maximum absolute atomic E-state index is 10.6. The molecule has 0 bridgehead atoms. The molecule has 2 aromatic rings. The van der Waals surface area contributed by atoms with Crippen LogP contribution in [0.15, 0.2) is 42.6 Å². The van der Waals surface area contributed by atoms with E-state index in [1.54, 1.807) is 12.3 Å². The summed E-state index contributed by atoms with van der Waals surface area (Å²) in [6.07, 6.45) is 1.70. The first kappa shape index (κ1) is 11.8. The molecule has 2 rings (SSSR count). The molecule has 1 unspecified atom stereocenters. The zero-order valence-electron chi connectivity index (χ0n) is 9.04. The molecule has 0 spiro atoms. The highest BCUT2D eigenvalue weighted by Gasteiger charge is 2.00. The van der Waals surface area contributed by atoms with Gasteiger partial charge in [0.05, 0.1) is 5.75 Å². The molecule has 88 valence electrons. The molecule has 1 aromatic carbocycles. The molecule has 5 heteroatoms. The molecular formula is C12H12N2O2S. The normalized spacial score (nSPS) is 12.3. The summed E-state index contributed by atoms with van der Waals surface area (Å²) in [5.41, 5.74) is 8.32. The Balaban J connectivity index is 2.23. The standard InChI is InChI=1S/C12H12N2O2S/c13-12-6-5-11(7-14-12)10-3-1-9(2-4-10)8-17(15)16/h1-7H,8H2,(H2,13,14)(H,15,16). The number of nitrogen functional groups attached to an aromatic ring is 1. The van der Waals surface area contributed by atoms with Crippen molar-refractivity contribution < 1.29 is 8.76 Å². The molecule has 0 aliphatic heterocycles. The second kappa shape index (κ2) is 5.07. The van der Waals surface area contributed by atoms with Gasteiger partial charge in [-0.1, -0.05) is 24.3 Å². The van der Waals surface area contributed by atoms with Crippen molar-refractivity contribution >= 4 is 16.9 Å². The van der Waals surface area contributed by atoms with Crippen molar-refractivity contribution in [2.75, 3.05) is 5.73 Å². The van der Waals surface area contributed by atoms with Crippen LogP contribution < -0.4 is 5.73 Å². The highest BCUT2D eigenvalue weighted by atomic mass is 32.2. The van der Waals surface area contributed by atoms with Crippen molar-refractivity contribution in [1.29, 1.82) is 0 Å². The Labute approximate surface area is 102 Å². The van der Waals surface area contributed by atoms with Crippen LogP contribution in [0.1, 0.15) is 5.56 Å². The summed E-state index contributed by atoms with van der Waals surface area (Å²) in [7, 11) is 0. The van der Waals surface area contributed by atoms with Gasteiger partial charge in [0.25, 0.3) is 0 Å². The van der Waals surface area contributed by atoms with Gasteiger partial charge in [-0.05, 0) is 23.3 Å². The molecule has 0 saturated carbocycles. The summed E-state index contributed by atoms with van der Waals surface area (Å²) in [5, 5.41) is 0. The van der Waals surface area contributed by atoms with E-state index in [9.17, 15) is 4.21 Å². The number of benzene rings is 1. The van der Waals surface area contributed by atoms with Gasteiger partial charge in [-0.15, -0.1) is 0 Å². The SMILES string of the molecule is Nc1ccc(-c2ccc(CS(=O)O)cc2)cn1. The third-order valence-corrected chi connectivity index (χ3v) is 2.94. The Bertz CT molecular complexity index is 523. The lowest BCUT2D eigenvalue weighted by Crippen LogP contribution is -1.93. The number of hydrogen-bond acceptors (Lipinski definition) is 3. The topological polar surface area (TPSA) is 76.2 Å². The van der Waals surface area contributed by atoms with E-state index in [4.69, 9.17) is 10.3 Å². The Morgan fingerprint density at radius 3 is 2.29 bits per heavy atom. The first-order valence-electron chi connectivity index (χ1n) is 5.03. The number of nitrogens with two attached hydrogens (primary N) is 1. The molecule has 0 saturated heterocycles. The van der Waals surface area contributed by atoms with Crippen LogP contribution in [0.3, 0.4) is 0 Å². The molecule has 0 aliphatic rings. The third-order valence-electron chi connectivity index (χ3n) is 2.36. The molecule has 3 N–H and O–H groups in total. The molecule has 1 aromatic heterocycles. The number of rotatable bonds is 3. The predicted octanol–water partition coefficient (Wildman–Crippen LogP) is 2.05. The Hall–Kier alpha value is -1.72. The second-order valence-corrected chi connectivity index (χ2v) is 4.57. The summed E-state index contributed by atoms with van der Waals surface area (Å²) >= 11 is -1.80. The highest BCUT2D eigenvalue weighted by Crippen LogP contribution is 2.19. The molecule has 1 heterocycles. The minimum atomic E-state index is -1.80. The van der Waals surface area contributed by atoms with E-state index >= 15 is 0 Å². The maximum Gasteiger partial charge on any atom is 0.157 e. The van der Waals surface area contributed by atoms with Crippen LogP contribution in [-0.4, -0.2) is 13.7 Å². The Morgan fingerprint density at radius 2 is 1.76 bits per heavy atom. The number of anilines is 1. The van der Waals surface area contributed by atoms with Crippen molar-refractivity contribution in [1.82, 2.24) is 4.98 Å². The zero-order chi connectivity index (χ0) is 12.3. The lowest BCUT2D eigenvalue weighted by molar-refractivity contribution is 0.563. The average molecular weight is 248 g/mol. The molecule has 0 fully saturated rings. The fraction of sp³-hybridized carbons (Fsp3) is 0.0833. The zero-order valence-corrected chi connectivity index (χ0v) is 9.85. The molecule has 0 radical (unpaired) electrons. The first-order chi connectivity index (χ1) is 8.15. The number of hydrogen-bond donors (Lipinski definition) is 2. The van der Waals surface area contributed by atoms with Crippen molar-refractivity contribution in [3.8, 4) is 11.1 Å². The second-order valence-electron chi connectivity index (χ2n) is 3.63. The van der Waals surface area contributed by atoms with Gasteiger partial charge in [-0.3, -0.25) is 0 Å². The van der Waals surface area contributed by atoms with E-state index < -0.39 is 11.1 Å². The van der Waals surface area contributed by atoms with E-state index in [1.807, 2.05) is 30.3 Å². The fourth-order valence-corrected chi connectivity index (χ4v) is 1.99. The monoisotopic (exact) mass is 248 g/mol. The van der Waals surface area contributed by atoms with Crippen LogP contribution in [-0.2, 0) is 16.8 Å². The van der Waals surface area contributed by atoms with Crippen molar-refractivity contribution in [2.24, 2.45) is 0 Å². The van der Waals surface area contributed by atoms with Gasteiger partial charge in [-0.2, -0.15) is 0 Å². The summed E-state index contributed by atoms with van der Waals surface area (Å²) in [6.45, 7) is 0. The van der Waals surface area contributed by atoms with Crippen LogP contribution in [0.25, 0.3) is 11.1 Å². The van der Waals surface area contributed by atoms with Crippen molar-refractivity contribution in [3.05, 3.63) is 48.2 Å². The Morgan fingerprint density at radius 1 is 1.12 bits per heavy atom.